The van der Waals surface area contributed by atoms with Crippen molar-refractivity contribution in [3.8, 4) is 11.5 Å². The molecule has 0 atom stereocenters. The number of hydrogen-bond donors (Lipinski definition) is 2. The summed E-state index contributed by atoms with van der Waals surface area (Å²) in [5.74, 6) is 1.70. The lowest BCUT2D eigenvalue weighted by Crippen LogP contribution is -1.94. The Morgan fingerprint density at radius 1 is 1.08 bits per heavy atom. The van der Waals surface area contributed by atoms with Crippen LogP contribution in [0, 0.1) is 13.8 Å². The number of nitrogens with one attached hydrogen (secondary N) is 1. The third kappa shape index (κ3) is 3.37. The molecule has 0 aliphatic heterocycles. The second-order valence-electron chi connectivity index (χ2n) is 6.42. The van der Waals surface area contributed by atoms with Crippen LogP contribution in [0.5, 0.6) is 11.5 Å². The largest absolute Gasteiger partial charge is 0.457 e. The molecule has 3 rings (SSSR count). The number of benzene rings is 2. The van der Waals surface area contributed by atoms with Crippen molar-refractivity contribution in [2.45, 2.75) is 46.5 Å². The van der Waals surface area contributed by atoms with Gasteiger partial charge in [0, 0.05) is 11.1 Å². The summed E-state index contributed by atoms with van der Waals surface area (Å²) in [6, 6.07) is 9.97. The monoisotopic (exact) mass is 323 g/mol. The van der Waals surface area contributed by atoms with Gasteiger partial charge < -0.3 is 10.5 Å². The zero-order valence-corrected chi connectivity index (χ0v) is 14.6. The first-order chi connectivity index (χ1) is 11.6. The van der Waals surface area contributed by atoms with E-state index < -0.39 is 0 Å². The van der Waals surface area contributed by atoms with Gasteiger partial charge in [-0.3, -0.25) is 5.10 Å². The van der Waals surface area contributed by atoms with E-state index in [9.17, 15) is 0 Å². The molecule has 24 heavy (non-hydrogen) atoms. The molecule has 0 radical (unpaired) electrons. The molecule has 1 heterocycles. The molecule has 0 amide bonds. The highest BCUT2D eigenvalue weighted by Crippen LogP contribution is 2.32. The number of rotatable bonds is 6. The van der Waals surface area contributed by atoms with Crippen molar-refractivity contribution >= 4 is 16.6 Å². The quantitative estimate of drug-likeness (QED) is 0.479. The Labute approximate surface area is 143 Å². The Balaban J connectivity index is 1.89. The third-order valence-corrected chi connectivity index (χ3v) is 4.33. The lowest BCUT2D eigenvalue weighted by molar-refractivity contribution is 0.476. The highest BCUT2D eigenvalue weighted by atomic mass is 16.5. The minimum Gasteiger partial charge on any atom is -0.457 e. The highest BCUT2D eigenvalue weighted by molar-refractivity contribution is 5.83. The van der Waals surface area contributed by atoms with Crippen molar-refractivity contribution < 1.29 is 4.74 Å². The molecule has 3 aromatic rings. The van der Waals surface area contributed by atoms with Gasteiger partial charge >= 0.3 is 0 Å². The summed E-state index contributed by atoms with van der Waals surface area (Å²) in [5.41, 5.74) is 10.9. The van der Waals surface area contributed by atoms with Crippen molar-refractivity contribution in [1.82, 2.24) is 10.2 Å². The fraction of sp³-hybridized carbons (Fsp3) is 0.350. The maximum Gasteiger partial charge on any atom is 0.133 e. The Morgan fingerprint density at radius 3 is 2.54 bits per heavy atom. The van der Waals surface area contributed by atoms with Gasteiger partial charge in [0.25, 0.3) is 0 Å². The van der Waals surface area contributed by atoms with Gasteiger partial charge in [0.1, 0.15) is 11.5 Å². The molecule has 2 aromatic carbocycles. The van der Waals surface area contributed by atoms with Crippen LogP contribution in [-0.4, -0.2) is 10.2 Å². The van der Waals surface area contributed by atoms with E-state index >= 15 is 0 Å². The summed E-state index contributed by atoms with van der Waals surface area (Å²) in [6.07, 6.45) is 4.61. The molecule has 4 heteroatoms. The van der Waals surface area contributed by atoms with E-state index in [-0.39, 0.29) is 0 Å². The van der Waals surface area contributed by atoms with Crippen molar-refractivity contribution in [2.24, 2.45) is 0 Å². The van der Waals surface area contributed by atoms with Crippen LogP contribution in [0.15, 0.2) is 30.3 Å². The van der Waals surface area contributed by atoms with Crippen LogP contribution >= 0.6 is 0 Å². The smallest absolute Gasteiger partial charge is 0.133 e. The molecule has 0 aliphatic rings. The number of unbranched alkanes of at least 4 members (excludes halogenated alkanes) is 2. The number of aromatic nitrogens is 2. The predicted octanol–water partition coefficient (Wildman–Crippen LogP) is 5.29. The maximum atomic E-state index is 6.16. The SMILES string of the molecule is CCCCCc1n[nH]c2ccc(Oc3c(C)cc(N)cc3C)cc12. The van der Waals surface area contributed by atoms with Crippen LogP contribution in [0.25, 0.3) is 10.9 Å². The van der Waals surface area contributed by atoms with Crippen molar-refractivity contribution in [3.05, 3.63) is 47.2 Å². The molecule has 0 saturated heterocycles. The molecule has 4 nitrogen and oxygen atoms in total. The van der Waals surface area contributed by atoms with Crippen LogP contribution in [0.1, 0.15) is 43.0 Å². The van der Waals surface area contributed by atoms with Crippen molar-refractivity contribution in [1.29, 1.82) is 0 Å². The number of ether oxygens (including phenoxy) is 1. The van der Waals surface area contributed by atoms with Crippen molar-refractivity contribution in [2.75, 3.05) is 5.73 Å². The molecule has 0 spiro atoms. The maximum absolute atomic E-state index is 6.16. The number of nitrogens with zero attached hydrogens (tertiary/aromatic N) is 1. The average molecular weight is 323 g/mol. The molecular formula is C20H25N3O. The number of hydrogen-bond acceptors (Lipinski definition) is 3. The zero-order valence-electron chi connectivity index (χ0n) is 14.6. The summed E-state index contributed by atoms with van der Waals surface area (Å²) in [6.45, 7) is 6.25. The number of aromatic amines is 1. The van der Waals surface area contributed by atoms with Gasteiger partial charge in [-0.25, -0.2) is 0 Å². The summed E-state index contributed by atoms with van der Waals surface area (Å²) in [5, 5.41) is 8.73. The van der Waals surface area contributed by atoms with E-state index in [1.807, 2.05) is 38.1 Å². The second kappa shape index (κ2) is 6.95. The fourth-order valence-corrected chi connectivity index (χ4v) is 3.11. The molecule has 0 bridgehead atoms. The molecule has 0 aliphatic carbocycles. The summed E-state index contributed by atoms with van der Waals surface area (Å²) < 4.78 is 6.16. The first-order valence-corrected chi connectivity index (χ1v) is 8.60. The zero-order chi connectivity index (χ0) is 17.1. The third-order valence-electron chi connectivity index (χ3n) is 4.33. The lowest BCUT2D eigenvalue weighted by atomic mass is 10.1. The normalized spacial score (nSPS) is 11.1. The highest BCUT2D eigenvalue weighted by Gasteiger charge is 2.10. The molecular weight excluding hydrogens is 298 g/mol. The Kier molecular flexibility index (Phi) is 4.74. The van der Waals surface area contributed by atoms with Crippen LogP contribution in [-0.2, 0) is 6.42 Å². The van der Waals surface area contributed by atoms with Gasteiger partial charge in [-0.15, -0.1) is 0 Å². The molecule has 1 aromatic heterocycles. The topological polar surface area (TPSA) is 63.9 Å². The van der Waals surface area contributed by atoms with Gasteiger partial charge in [-0.1, -0.05) is 19.8 Å². The first kappa shape index (κ1) is 16.4. The van der Waals surface area contributed by atoms with Gasteiger partial charge in [0.05, 0.1) is 11.2 Å². The fourth-order valence-electron chi connectivity index (χ4n) is 3.11. The summed E-state index contributed by atoms with van der Waals surface area (Å²) >= 11 is 0. The second-order valence-corrected chi connectivity index (χ2v) is 6.42. The molecule has 3 N–H and O–H groups in total. The molecule has 0 saturated carbocycles. The minimum absolute atomic E-state index is 0.765. The number of nitrogen functional groups attached to an aromatic ring is 1. The standard InChI is InChI=1S/C20H25N3O/c1-4-5-6-7-18-17-12-16(8-9-19(17)23-22-18)24-20-13(2)10-15(21)11-14(20)3/h8-12H,4-7,21H2,1-3H3,(H,22,23). The van der Waals surface area contributed by atoms with E-state index in [0.29, 0.717) is 0 Å². The van der Waals surface area contributed by atoms with Crippen molar-refractivity contribution in [3.63, 3.8) is 0 Å². The number of aryl methyl sites for hydroxylation is 3. The van der Waals surface area contributed by atoms with Crippen LogP contribution < -0.4 is 10.5 Å². The Bertz CT molecular complexity index is 828. The average Bonchev–Trinajstić information content (AvgIpc) is 2.94. The number of nitrogens with two attached hydrogens (primary N) is 1. The lowest BCUT2D eigenvalue weighted by Gasteiger charge is -2.13. The molecule has 0 unspecified atom stereocenters. The van der Waals surface area contributed by atoms with Crippen LogP contribution in [0.2, 0.25) is 0 Å². The number of H-pyrrole nitrogens is 1. The van der Waals surface area contributed by atoms with Gasteiger partial charge in [-0.05, 0) is 68.1 Å². The van der Waals surface area contributed by atoms with Crippen LogP contribution in [0.4, 0.5) is 5.69 Å². The van der Waals surface area contributed by atoms with E-state index in [1.165, 1.54) is 12.8 Å². The molecule has 126 valence electrons. The van der Waals surface area contributed by atoms with Crippen LogP contribution in [0.3, 0.4) is 0 Å². The summed E-state index contributed by atoms with van der Waals surface area (Å²) in [7, 11) is 0. The van der Waals surface area contributed by atoms with E-state index in [2.05, 4.69) is 23.2 Å². The number of anilines is 1. The summed E-state index contributed by atoms with van der Waals surface area (Å²) in [4.78, 5) is 0. The van der Waals surface area contributed by atoms with E-state index in [4.69, 9.17) is 10.5 Å². The van der Waals surface area contributed by atoms with Gasteiger partial charge in [0.2, 0.25) is 0 Å². The van der Waals surface area contributed by atoms with E-state index in [1.54, 1.807) is 0 Å². The van der Waals surface area contributed by atoms with Gasteiger partial charge in [0.15, 0.2) is 0 Å². The molecule has 0 fully saturated rings. The Morgan fingerprint density at radius 2 is 1.83 bits per heavy atom. The van der Waals surface area contributed by atoms with Gasteiger partial charge in [-0.2, -0.15) is 5.10 Å². The Hall–Kier alpha value is -2.49. The van der Waals surface area contributed by atoms with E-state index in [0.717, 1.165) is 57.8 Å². The predicted molar refractivity (Wildman–Crippen MR) is 99.7 cm³/mol. The minimum atomic E-state index is 0.765. The first-order valence-electron chi connectivity index (χ1n) is 8.60. The number of fused-ring (bicyclic) bond motifs is 1.